The average Bonchev–Trinajstić information content (AvgIpc) is 3.17. The lowest BCUT2D eigenvalue weighted by molar-refractivity contribution is 1.34. The Balaban J connectivity index is 2.06. The largest absolute Gasteiger partial charge is 0.359 e. The molecule has 25 heavy (non-hydrogen) atoms. The fourth-order valence-electron chi connectivity index (χ4n) is 4.06. The molecule has 0 aliphatic rings. The van der Waals surface area contributed by atoms with Gasteiger partial charge in [-0.15, -0.1) is 0 Å². The van der Waals surface area contributed by atoms with Crippen molar-refractivity contribution >= 4 is 54.3 Å². The van der Waals surface area contributed by atoms with Crippen molar-refractivity contribution in [2.75, 3.05) is 0 Å². The van der Waals surface area contributed by atoms with Crippen LogP contribution in [-0.4, -0.2) is 15.0 Å². The van der Waals surface area contributed by atoms with Crippen LogP contribution in [0, 0.1) is 0 Å². The molecule has 3 heteroatoms. The molecule has 0 atom stereocenters. The molecular weight excluding hydrogens is 306 g/mol. The predicted molar refractivity (Wildman–Crippen MR) is 104 cm³/mol. The van der Waals surface area contributed by atoms with E-state index < -0.39 is 0 Å². The zero-order chi connectivity index (χ0) is 16.4. The number of hydrogen-bond donors (Lipinski definition) is 1. The first-order valence-electron chi connectivity index (χ1n) is 8.36. The Bertz CT molecular complexity index is 1440. The second kappa shape index (κ2) is 4.54. The topological polar surface area (TPSA) is 41.6 Å². The van der Waals surface area contributed by atoms with Gasteiger partial charge in [-0.05, 0) is 33.0 Å². The van der Waals surface area contributed by atoms with Crippen molar-refractivity contribution in [1.82, 2.24) is 15.0 Å². The maximum Gasteiger partial charge on any atom is 0.117 e. The lowest BCUT2D eigenvalue weighted by Gasteiger charge is -2.11. The van der Waals surface area contributed by atoms with E-state index in [1.165, 1.54) is 37.7 Å². The highest BCUT2D eigenvalue weighted by Gasteiger charge is 2.15. The molecule has 0 amide bonds. The summed E-state index contributed by atoms with van der Waals surface area (Å²) < 4.78 is 0. The second-order valence-electron chi connectivity index (χ2n) is 6.40. The summed E-state index contributed by atoms with van der Waals surface area (Å²) in [6.07, 6.45) is 3.60. The number of aromatic amines is 1. The predicted octanol–water partition coefficient (Wildman–Crippen LogP) is 5.57. The number of benzene rings is 4. The number of aromatic nitrogens is 3. The molecule has 0 unspecified atom stereocenters. The zero-order valence-electron chi connectivity index (χ0n) is 13.3. The van der Waals surface area contributed by atoms with Crippen LogP contribution < -0.4 is 0 Å². The third kappa shape index (κ3) is 1.59. The van der Waals surface area contributed by atoms with Gasteiger partial charge in [0, 0.05) is 17.0 Å². The van der Waals surface area contributed by atoms with Gasteiger partial charge in [-0.1, -0.05) is 54.6 Å². The van der Waals surface area contributed by atoms with Crippen molar-refractivity contribution < 1.29 is 0 Å². The van der Waals surface area contributed by atoms with Crippen LogP contribution in [0.5, 0.6) is 0 Å². The van der Waals surface area contributed by atoms with Gasteiger partial charge in [0.05, 0.1) is 5.52 Å². The molecule has 0 spiro atoms. The van der Waals surface area contributed by atoms with E-state index in [0.29, 0.717) is 0 Å². The molecule has 3 nitrogen and oxygen atoms in total. The summed E-state index contributed by atoms with van der Waals surface area (Å²) in [7, 11) is 0. The highest BCUT2D eigenvalue weighted by Crippen LogP contribution is 2.39. The Morgan fingerprint density at radius 2 is 1.40 bits per heavy atom. The third-order valence-corrected chi connectivity index (χ3v) is 5.13. The molecule has 2 heterocycles. The molecule has 0 saturated carbocycles. The lowest BCUT2D eigenvalue weighted by Crippen LogP contribution is -1.87. The van der Waals surface area contributed by atoms with Gasteiger partial charge >= 0.3 is 0 Å². The van der Waals surface area contributed by atoms with E-state index in [-0.39, 0.29) is 0 Å². The van der Waals surface area contributed by atoms with Crippen LogP contribution >= 0.6 is 0 Å². The minimum Gasteiger partial charge on any atom is -0.359 e. The number of nitrogens with zero attached hydrogens (tertiary/aromatic N) is 2. The Morgan fingerprint density at radius 1 is 0.600 bits per heavy atom. The van der Waals surface area contributed by atoms with E-state index in [1.807, 2.05) is 12.3 Å². The number of H-pyrrole nitrogens is 1. The monoisotopic (exact) mass is 319 g/mol. The summed E-state index contributed by atoms with van der Waals surface area (Å²) in [6.45, 7) is 0. The Morgan fingerprint density at radius 3 is 2.40 bits per heavy atom. The smallest absolute Gasteiger partial charge is 0.117 e. The molecule has 2 aromatic heterocycles. The molecule has 4 aromatic carbocycles. The van der Waals surface area contributed by atoms with Crippen molar-refractivity contribution in [1.29, 1.82) is 0 Å². The van der Waals surface area contributed by atoms with Gasteiger partial charge in [0.1, 0.15) is 17.4 Å². The van der Waals surface area contributed by atoms with E-state index >= 15 is 0 Å². The number of pyridine rings is 1. The summed E-state index contributed by atoms with van der Waals surface area (Å²) in [5, 5.41) is 8.57. The van der Waals surface area contributed by atoms with Crippen molar-refractivity contribution in [2.24, 2.45) is 0 Å². The van der Waals surface area contributed by atoms with Crippen LogP contribution in [0.1, 0.15) is 0 Å². The molecular formula is C22H13N3. The van der Waals surface area contributed by atoms with Gasteiger partial charge in [0.2, 0.25) is 0 Å². The highest BCUT2D eigenvalue weighted by atomic mass is 14.9. The van der Waals surface area contributed by atoms with Crippen molar-refractivity contribution in [2.45, 2.75) is 0 Å². The van der Waals surface area contributed by atoms with E-state index in [4.69, 9.17) is 0 Å². The average molecular weight is 319 g/mol. The van der Waals surface area contributed by atoms with Crippen LogP contribution in [0.2, 0.25) is 0 Å². The molecule has 0 saturated heterocycles. The second-order valence-corrected chi connectivity index (χ2v) is 6.40. The molecule has 116 valence electrons. The molecule has 0 bridgehead atoms. The minimum atomic E-state index is 0.934. The Hall–Kier alpha value is -3.46. The number of imidazole rings is 1. The van der Waals surface area contributed by atoms with Gasteiger partial charge in [-0.25, -0.2) is 9.97 Å². The lowest BCUT2D eigenvalue weighted by atomic mass is 9.93. The molecule has 1 N–H and O–H groups in total. The molecule has 6 aromatic rings. The quantitative estimate of drug-likeness (QED) is 0.372. The van der Waals surface area contributed by atoms with E-state index in [1.54, 1.807) is 6.33 Å². The molecule has 0 fully saturated rings. The minimum absolute atomic E-state index is 0.934. The fraction of sp³-hybridized carbons (Fsp3) is 0. The van der Waals surface area contributed by atoms with Crippen molar-refractivity contribution in [3.63, 3.8) is 0 Å². The maximum atomic E-state index is 4.62. The fourth-order valence-corrected chi connectivity index (χ4v) is 4.06. The maximum absolute atomic E-state index is 4.62. The van der Waals surface area contributed by atoms with Gasteiger partial charge < -0.3 is 4.98 Å². The summed E-state index contributed by atoms with van der Waals surface area (Å²) in [5.41, 5.74) is 2.94. The number of fused-ring (bicyclic) bond motifs is 10. The molecule has 0 radical (unpaired) electrons. The summed E-state index contributed by atoms with van der Waals surface area (Å²) in [5.74, 6) is 0. The normalized spacial score (nSPS) is 12.0. The Labute approximate surface area is 142 Å². The Kier molecular flexibility index (Phi) is 2.35. The van der Waals surface area contributed by atoms with Crippen molar-refractivity contribution in [3.05, 3.63) is 73.2 Å². The number of nitrogens with one attached hydrogen (secondary N) is 1. The van der Waals surface area contributed by atoms with Crippen LogP contribution in [0.3, 0.4) is 0 Å². The van der Waals surface area contributed by atoms with E-state index in [0.717, 1.165) is 16.6 Å². The van der Waals surface area contributed by atoms with Crippen LogP contribution in [-0.2, 0) is 0 Å². The van der Waals surface area contributed by atoms with E-state index in [9.17, 15) is 0 Å². The number of rotatable bonds is 0. The van der Waals surface area contributed by atoms with Crippen molar-refractivity contribution in [3.8, 4) is 0 Å². The van der Waals surface area contributed by atoms with Crippen LogP contribution in [0.4, 0.5) is 0 Å². The zero-order valence-corrected chi connectivity index (χ0v) is 13.3. The SMILES string of the molecule is c1ccc2c(c1)ccc1ccc3c4ccc[nH]c4c4ncnc4c3c12. The van der Waals surface area contributed by atoms with Crippen LogP contribution in [0.15, 0.2) is 73.2 Å². The van der Waals surface area contributed by atoms with Gasteiger partial charge in [-0.2, -0.15) is 0 Å². The van der Waals surface area contributed by atoms with E-state index in [2.05, 4.69) is 69.5 Å². The molecule has 6 rings (SSSR count). The van der Waals surface area contributed by atoms with Gasteiger partial charge in [0.25, 0.3) is 0 Å². The summed E-state index contributed by atoms with van der Waals surface area (Å²) in [6, 6.07) is 21.5. The van der Waals surface area contributed by atoms with Gasteiger partial charge in [-0.3, -0.25) is 0 Å². The van der Waals surface area contributed by atoms with Gasteiger partial charge in [0.15, 0.2) is 0 Å². The standard InChI is InChI=1S/C22H13N3/c1-2-5-15-13(4-1)7-8-14-9-10-16-17-6-3-11-23-20(17)22-21(24-12-25-22)19(16)18(14)15/h1-12,23H. The molecule has 0 aliphatic carbocycles. The first-order valence-corrected chi connectivity index (χ1v) is 8.36. The molecule has 0 aliphatic heterocycles. The first kappa shape index (κ1) is 12.9. The summed E-state index contributed by atoms with van der Waals surface area (Å²) >= 11 is 0. The first-order chi connectivity index (χ1) is 12.4. The highest BCUT2D eigenvalue weighted by molar-refractivity contribution is 6.33. The third-order valence-electron chi connectivity index (χ3n) is 5.13. The number of hydrogen-bond acceptors (Lipinski definition) is 2. The summed E-state index contributed by atoms with van der Waals surface area (Å²) in [4.78, 5) is 12.5. The van der Waals surface area contributed by atoms with Crippen LogP contribution in [0.25, 0.3) is 54.3 Å².